The van der Waals surface area contributed by atoms with Crippen LogP contribution in [-0.4, -0.2) is 39.6 Å². The maximum atomic E-state index is 11.0. The van der Waals surface area contributed by atoms with Crippen molar-refractivity contribution in [1.82, 2.24) is 4.90 Å². The Labute approximate surface area is 111 Å². The molecule has 0 bridgehead atoms. The fourth-order valence-corrected chi connectivity index (χ4v) is 3.85. The molecule has 2 heterocycles. The summed E-state index contributed by atoms with van der Waals surface area (Å²) in [7, 11) is 0. The number of rotatable bonds is 3. The van der Waals surface area contributed by atoms with Crippen LogP contribution in [0, 0.1) is 6.92 Å². The number of nitrogens with zero attached hydrogens (tertiary/aromatic N) is 1. The van der Waals surface area contributed by atoms with E-state index in [0.717, 1.165) is 18.8 Å². The molecule has 18 heavy (non-hydrogen) atoms. The molecule has 0 amide bonds. The summed E-state index contributed by atoms with van der Waals surface area (Å²) in [5.74, 6) is 0.319. The van der Waals surface area contributed by atoms with Gasteiger partial charge in [-0.1, -0.05) is 13.8 Å². The van der Waals surface area contributed by atoms with Crippen LogP contribution >= 0.6 is 11.8 Å². The second-order valence-corrected chi connectivity index (χ2v) is 6.82. The Morgan fingerprint density at radius 1 is 1.50 bits per heavy atom. The number of furan rings is 1. The second kappa shape index (κ2) is 5.36. The quantitative estimate of drug-likeness (QED) is 0.914. The van der Waals surface area contributed by atoms with Gasteiger partial charge in [0.1, 0.15) is 17.1 Å². The predicted molar refractivity (Wildman–Crippen MR) is 72.2 cm³/mol. The van der Waals surface area contributed by atoms with Crippen molar-refractivity contribution in [3.05, 3.63) is 23.2 Å². The minimum absolute atomic E-state index is 0.275. The highest BCUT2D eigenvalue weighted by Gasteiger charge is 2.23. The number of hydrogen-bond donors (Lipinski definition) is 1. The first-order valence-corrected chi connectivity index (χ1v) is 7.10. The minimum atomic E-state index is -0.918. The minimum Gasteiger partial charge on any atom is -0.478 e. The molecule has 1 aliphatic rings. The zero-order valence-corrected chi connectivity index (χ0v) is 11.8. The number of carbonyl (C=O) groups is 1. The predicted octanol–water partition coefficient (Wildman–Crippen LogP) is 2.61. The van der Waals surface area contributed by atoms with Gasteiger partial charge in [-0.2, -0.15) is 11.8 Å². The standard InChI is InChI=1S/C13H19NO3S/c1-8-5-14(6-9(2)18-8)7-11-4-12(13(15)16)10(3)17-11/h4,8-9H,5-7H2,1-3H3,(H,15,16). The average Bonchev–Trinajstić information content (AvgIpc) is 2.57. The molecule has 0 aromatic carbocycles. The van der Waals surface area contributed by atoms with Crippen LogP contribution in [0.1, 0.15) is 35.7 Å². The molecule has 2 unspecified atom stereocenters. The van der Waals surface area contributed by atoms with Crippen molar-refractivity contribution in [2.45, 2.75) is 37.8 Å². The zero-order chi connectivity index (χ0) is 13.3. The summed E-state index contributed by atoms with van der Waals surface area (Å²) in [4.78, 5) is 13.3. The van der Waals surface area contributed by atoms with E-state index in [1.165, 1.54) is 0 Å². The highest BCUT2D eigenvalue weighted by atomic mass is 32.2. The molecule has 1 N–H and O–H groups in total. The van der Waals surface area contributed by atoms with E-state index in [4.69, 9.17) is 9.52 Å². The lowest BCUT2D eigenvalue weighted by Gasteiger charge is -2.33. The summed E-state index contributed by atoms with van der Waals surface area (Å²) in [6, 6.07) is 1.65. The van der Waals surface area contributed by atoms with E-state index in [0.29, 0.717) is 22.8 Å². The fraction of sp³-hybridized carbons (Fsp3) is 0.615. The van der Waals surface area contributed by atoms with Crippen molar-refractivity contribution in [3.63, 3.8) is 0 Å². The maximum Gasteiger partial charge on any atom is 0.339 e. The Bertz CT molecular complexity index is 433. The highest BCUT2D eigenvalue weighted by molar-refractivity contribution is 8.00. The largest absolute Gasteiger partial charge is 0.478 e. The number of aromatic carboxylic acids is 1. The first kappa shape index (κ1) is 13.5. The van der Waals surface area contributed by atoms with E-state index >= 15 is 0 Å². The summed E-state index contributed by atoms with van der Waals surface area (Å²) >= 11 is 2.00. The van der Waals surface area contributed by atoms with Crippen LogP contribution in [0.15, 0.2) is 10.5 Å². The fourth-order valence-electron chi connectivity index (χ4n) is 2.47. The molecule has 1 aliphatic heterocycles. The van der Waals surface area contributed by atoms with Gasteiger partial charge in [-0.25, -0.2) is 4.79 Å². The van der Waals surface area contributed by atoms with Crippen LogP contribution in [0.5, 0.6) is 0 Å². The van der Waals surface area contributed by atoms with Gasteiger partial charge < -0.3 is 9.52 Å². The molecule has 1 aromatic rings. The molecule has 1 aromatic heterocycles. The third-order valence-corrected chi connectivity index (χ3v) is 4.30. The molecule has 2 atom stereocenters. The van der Waals surface area contributed by atoms with E-state index < -0.39 is 5.97 Å². The van der Waals surface area contributed by atoms with Gasteiger partial charge in [-0.15, -0.1) is 0 Å². The summed E-state index contributed by atoms with van der Waals surface area (Å²) in [5.41, 5.74) is 0.275. The van der Waals surface area contributed by atoms with Gasteiger partial charge in [0.2, 0.25) is 0 Å². The normalized spacial score (nSPS) is 25.3. The summed E-state index contributed by atoms with van der Waals surface area (Å²) < 4.78 is 5.52. The van der Waals surface area contributed by atoms with E-state index in [9.17, 15) is 4.79 Å². The molecule has 0 aliphatic carbocycles. The lowest BCUT2D eigenvalue weighted by molar-refractivity contribution is 0.0695. The van der Waals surface area contributed by atoms with Crippen molar-refractivity contribution in [2.75, 3.05) is 13.1 Å². The second-order valence-electron chi connectivity index (χ2n) is 4.94. The molecule has 0 saturated carbocycles. The van der Waals surface area contributed by atoms with E-state index in [2.05, 4.69) is 18.7 Å². The lowest BCUT2D eigenvalue weighted by Crippen LogP contribution is -2.39. The van der Waals surface area contributed by atoms with Gasteiger partial charge in [0.25, 0.3) is 0 Å². The van der Waals surface area contributed by atoms with Crippen LogP contribution in [0.25, 0.3) is 0 Å². The monoisotopic (exact) mass is 269 g/mol. The molecule has 1 fully saturated rings. The van der Waals surface area contributed by atoms with Crippen LogP contribution in [0.3, 0.4) is 0 Å². The third-order valence-electron chi connectivity index (χ3n) is 3.07. The molecule has 0 radical (unpaired) electrons. The van der Waals surface area contributed by atoms with E-state index in [1.807, 2.05) is 11.8 Å². The Hall–Kier alpha value is -0.940. The van der Waals surface area contributed by atoms with E-state index in [-0.39, 0.29) is 5.56 Å². The number of hydrogen-bond acceptors (Lipinski definition) is 4. The topological polar surface area (TPSA) is 53.7 Å². The van der Waals surface area contributed by atoms with E-state index in [1.54, 1.807) is 13.0 Å². The molecular formula is C13H19NO3S. The molecule has 100 valence electrons. The first-order chi connectivity index (χ1) is 8.45. The number of carboxylic acid groups (broad SMARTS) is 1. The van der Waals surface area contributed by atoms with Crippen molar-refractivity contribution >= 4 is 17.7 Å². The van der Waals surface area contributed by atoms with Crippen molar-refractivity contribution in [1.29, 1.82) is 0 Å². The Morgan fingerprint density at radius 2 is 2.11 bits per heavy atom. The van der Waals surface area contributed by atoms with Gasteiger partial charge in [0, 0.05) is 23.6 Å². The molecular weight excluding hydrogens is 250 g/mol. The average molecular weight is 269 g/mol. The third kappa shape index (κ3) is 3.09. The van der Waals surface area contributed by atoms with Crippen LogP contribution < -0.4 is 0 Å². The highest BCUT2D eigenvalue weighted by Crippen LogP contribution is 2.26. The van der Waals surface area contributed by atoms with Crippen LogP contribution in [-0.2, 0) is 6.54 Å². The van der Waals surface area contributed by atoms with Crippen LogP contribution in [0.2, 0.25) is 0 Å². The van der Waals surface area contributed by atoms with Gasteiger partial charge in [0.15, 0.2) is 0 Å². The number of aryl methyl sites for hydroxylation is 1. The SMILES string of the molecule is Cc1oc(CN2CC(C)SC(C)C2)cc1C(=O)O. The van der Waals surface area contributed by atoms with Gasteiger partial charge in [-0.05, 0) is 13.0 Å². The summed E-state index contributed by atoms with van der Waals surface area (Å²) in [5, 5.41) is 10.2. The van der Waals surface area contributed by atoms with Crippen molar-refractivity contribution in [2.24, 2.45) is 0 Å². The van der Waals surface area contributed by atoms with Gasteiger partial charge in [0.05, 0.1) is 6.54 Å². The van der Waals surface area contributed by atoms with Gasteiger partial charge in [-0.3, -0.25) is 4.90 Å². The molecule has 5 heteroatoms. The summed E-state index contributed by atoms with van der Waals surface area (Å²) in [6.45, 7) is 8.90. The smallest absolute Gasteiger partial charge is 0.339 e. The van der Waals surface area contributed by atoms with Gasteiger partial charge >= 0.3 is 5.97 Å². The molecule has 4 nitrogen and oxygen atoms in total. The first-order valence-electron chi connectivity index (χ1n) is 6.16. The Balaban J connectivity index is 2.05. The zero-order valence-electron chi connectivity index (χ0n) is 11.0. The number of thioether (sulfide) groups is 1. The maximum absolute atomic E-state index is 11.0. The Morgan fingerprint density at radius 3 is 2.61 bits per heavy atom. The Kier molecular flexibility index (Phi) is 4.02. The van der Waals surface area contributed by atoms with Crippen LogP contribution in [0.4, 0.5) is 0 Å². The van der Waals surface area contributed by atoms with Crippen molar-refractivity contribution < 1.29 is 14.3 Å². The summed E-state index contributed by atoms with van der Waals surface area (Å²) in [6.07, 6.45) is 0. The molecule has 1 saturated heterocycles. The molecule has 2 rings (SSSR count). The molecule has 0 spiro atoms. The number of carboxylic acids is 1. The lowest BCUT2D eigenvalue weighted by atomic mass is 10.2. The van der Waals surface area contributed by atoms with Crippen molar-refractivity contribution in [3.8, 4) is 0 Å².